The zero-order valence-electron chi connectivity index (χ0n) is 13.3. The van der Waals surface area contributed by atoms with E-state index in [2.05, 4.69) is 31.1 Å². The summed E-state index contributed by atoms with van der Waals surface area (Å²) in [5.41, 5.74) is 0. The maximum atomic E-state index is 3.72. The molecule has 0 bridgehead atoms. The average molecular weight is 266 g/mol. The molecule has 0 spiro atoms. The highest BCUT2D eigenvalue weighted by Crippen LogP contribution is 2.29. The van der Waals surface area contributed by atoms with Crippen molar-refractivity contribution in [1.82, 2.24) is 10.2 Å². The van der Waals surface area contributed by atoms with Gasteiger partial charge in [0.1, 0.15) is 0 Å². The molecular weight excluding hydrogens is 232 g/mol. The van der Waals surface area contributed by atoms with Crippen LogP contribution in [0, 0.1) is 11.8 Å². The zero-order chi connectivity index (χ0) is 13.7. The quantitative estimate of drug-likeness (QED) is 0.817. The van der Waals surface area contributed by atoms with E-state index in [4.69, 9.17) is 0 Å². The van der Waals surface area contributed by atoms with E-state index in [1.165, 1.54) is 57.9 Å². The molecule has 0 radical (unpaired) electrons. The Hall–Kier alpha value is -0.0800. The molecule has 0 aromatic heterocycles. The lowest BCUT2D eigenvalue weighted by molar-refractivity contribution is 0.122. The van der Waals surface area contributed by atoms with Crippen molar-refractivity contribution in [2.45, 2.75) is 77.3 Å². The second-order valence-corrected chi connectivity index (χ2v) is 7.06. The zero-order valence-corrected chi connectivity index (χ0v) is 13.3. The van der Waals surface area contributed by atoms with Crippen LogP contribution in [0.15, 0.2) is 0 Å². The largest absolute Gasteiger partial charge is 0.314 e. The molecule has 112 valence electrons. The molecule has 2 saturated carbocycles. The predicted octanol–water partition coefficient (Wildman–Crippen LogP) is 3.67. The minimum atomic E-state index is 0.781. The normalized spacial score (nSPS) is 36.6. The van der Waals surface area contributed by atoms with Crippen LogP contribution in [0.3, 0.4) is 0 Å². The van der Waals surface area contributed by atoms with Gasteiger partial charge in [0, 0.05) is 18.6 Å². The van der Waals surface area contributed by atoms with E-state index in [9.17, 15) is 0 Å². The van der Waals surface area contributed by atoms with E-state index < -0.39 is 0 Å². The summed E-state index contributed by atoms with van der Waals surface area (Å²) in [5, 5.41) is 3.72. The van der Waals surface area contributed by atoms with Gasteiger partial charge in [-0.1, -0.05) is 26.7 Å². The van der Waals surface area contributed by atoms with Crippen molar-refractivity contribution in [1.29, 1.82) is 0 Å². The van der Waals surface area contributed by atoms with Gasteiger partial charge in [0.05, 0.1) is 0 Å². The summed E-state index contributed by atoms with van der Waals surface area (Å²) in [6.45, 7) is 7.11. The molecule has 1 N–H and O–H groups in total. The smallest absolute Gasteiger partial charge is 0.0107 e. The van der Waals surface area contributed by atoms with Crippen LogP contribution >= 0.6 is 0 Å². The fourth-order valence-corrected chi connectivity index (χ4v) is 4.16. The van der Waals surface area contributed by atoms with Crippen LogP contribution in [0.25, 0.3) is 0 Å². The number of rotatable bonds is 5. The molecule has 2 heteroatoms. The maximum Gasteiger partial charge on any atom is 0.0107 e. The molecule has 19 heavy (non-hydrogen) atoms. The van der Waals surface area contributed by atoms with Gasteiger partial charge in [-0.15, -0.1) is 0 Å². The number of hydrogen-bond acceptors (Lipinski definition) is 2. The first-order chi connectivity index (χ1) is 9.20. The summed E-state index contributed by atoms with van der Waals surface area (Å²) in [5.74, 6) is 1.85. The van der Waals surface area contributed by atoms with Crippen molar-refractivity contribution < 1.29 is 0 Å². The van der Waals surface area contributed by atoms with Crippen molar-refractivity contribution in [2.24, 2.45) is 11.8 Å². The van der Waals surface area contributed by atoms with Crippen LogP contribution in [0.1, 0.15) is 65.2 Å². The molecule has 2 aliphatic carbocycles. The van der Waals surface area contributed by atoms with Crippen molar-refractivity contribution in [2.75, 3.05) is 20.1 Å². The highest BCUT2D eigenvalue weighted by molar-refractivity contribution is 4.85. The first kappa shape index (κ1) is 15.3. The van der Waals surface area contributed by atoms with E-state index in [1.807, 2.05) is 0 Å². The van der Waals surface area contributed by atoms with Gasteiger partial charge in [-0.25, -0.2) is 0 Å². The summed E-state index contributed by atoms with van der Waals surface area (Å²) >= 11 is 0. The lowest BCUT2D eigenvalue weighted by atomic mass is 9.82. The molecule has 2 unspecified atom stereocenters. The van der Waals surface area contributed by atoms with Crippen molar-refractivity contribution >= 4 is 0 Å². The lowest BCUT2D eigenvalue weighted by Gasteiger charge is -2.39. The van der Waals surface area contributed by atoms with Crippen LogP contribution in [0.5, 0.6) is 0 Å². The molecule has 0 aromatic rings. The Morgan fingerprint density at radius 3 is 2.37 bits per heavy atom. The number of nitrogens with one attached hydrogen (secondary N) is 1. The molecule has 0 amide bonds. The van der Waals surface area contributed by atoms with E-state index in [1.54, 1.807) is 0 Å². The highest BCUT2D eigenvalue weighted by atomic mass is 15.1. The first-order valence-electron chi connectivity index (χ1n) is 8.64. The number of hydrogen-bond donors (Lipinski definition) is 1. The van der Waals surface area contributed by atoms with Gasteiger partial charge < -0.3 is 10.2 Å². The van der Waals surface area contributed by atoms with Gasteiger partial charge in [-0.2, -0.15) is 0 Å². The van der Waals surface area contributed by atoms with Crippen LogP contribution in [0.2, 0.25) is 0 Å². The van der Waals surface area contributed by atoms with E-state index in [0.717, 1.165) is 30.5 Å². The second kappa shape index (κ2) is 7.64. The third-order valence-corrected chi connectivity index (χ3v) is 5.51. The lowest BCUT2D eigenvalue weighted by Crippen LogP contribution is -2.46. The molecular formula is C17H34N2. The molecule has 0 aliphatic heterocycles. The van der Waals surface area contributed by atoms with Crippen LogP contribution in [-0.2, 0) is 0 Å². The fourth-order valence-electron chi connectivity index (χ4n) is 4.16. The third-order valence-electron chi connectivity index (χ3n) is 5.51. The van der Waals surface area contributed by atoms with Gasteiger partial charge >= 0.3 is 0 Å². The molecule has 0 saturated heterocycles. The van der Waals surface area contributed by atoms with Gasteiger partial charge in [-0.3, -0.25) is 0 Å². The Labute approximate surface area is 120 Å². The second-order valence-electron chi connectivity index (χ2n) is 7.06. The van der Waals surface area contributed by atoms with E-state index in [-0.39, 0.29) is 0 Å². The summed E-state index contributed by atoms with van der Waals surface area (Å²) in [6.07, 6.45) is 11.4. The molecule has 0 aromatic carbocycles. The van der Waals surface area contributed by atoms with E-state index >= 15 is 0 Å². The number of nitrogens with zero attached hydrogens (tertiary/aromatic N) is 1. The highest BCUT2D eigenvalue weighted by Gasteiger charge is 2.28. The Bertz CT molecular complexity index is 244. The molecule has 2 aliphatic rings. The molecule has 2 fully saturated rings. The minimum absolute atomic E-state index is 0.781. The van der Waals surface area contributed by atoms with Crippen LogP contribution in [-0.4, -0.2) is 37.1 Å². The maximum absolute atomic E-state index is 3.72. The van der Waals surface area contributed by atoms with E-state index in [0.29, 0.717) is 0 Å². The van der Waals surface area contributed by atoms with Gasteiger partial charge in [-0.05, 0) is 64.0 Å². The molecule has 2 nitrogen and oxygen atoms in total. The average Bonchev–Trinajstić information content (AvgIpc) is 2.42. The molecule has 0 heterocycles. The summed E-state index contributed by atoms with van der Waals surface area (Å²) in [7, 11) is 2.37. The van der Waals surface area contributed by atoms with Gasteiger partial charge in [0.25, 0.3) is 0 Å². The third kappa shape index (κ3) is 4.46. The summed E-state index contributed by atoms with van der Waals surface area (Å²) in [6, 6.07) is 1.64. The summed E-state index contributed by atoms with van der Waals surface area (Å²) < 4.78 is 0. The van der Waals surface area contributed by atoms with Gasteiger partial charge in [0.15, 0.2) is 0 Å². The molecule has 2 rings (SSSR count). The first-order valence-corrected chi connectivity index (χ1v) is 8.64. The Balaban J connectivity index is 1.80. The van der Waals surface area contributed by atoms with Gasteiger partial charge in [0.2, 0.25) is 0 Å². The fraction of sp³-hybridized carbons (Fsp3) is 1.00. The Morgan fingerprint density at radius 2 is 1.68 bits per heavy atom. The monoisotopic (exact) mass is 266 g/mol. The van der Waals surface area contributed by atoms with Crippen molar-refractivity contribution in [3.8, 4) is 0 Å². The van der Waals surface area contributed by atoms with Crippen molar-refractivity contribution in [3.05, 3.63) is 0 Å². The van der Waals surface area contributed by atoms with Crippen molar-refractivity contribution in [3.63, 3.8) is 0 Å². The van der Waals surface area contributed by atoms with Crippen LogP contribution in [0.4, 0.5) is 0 Å². The summed E-state index contributed by atoms with van der Waals surface area (Å²) in [4.78, 5) is 2.69. The standard InChI is InChI=1S/C17H34N2/c1-4-18-17-8-6-5-7-15(17)13-19(3)16-11-9-14(2)10-12-16/h14-18H,4-13H2,1-3H3. The molecule has 2 atom stereocenters. The Morgan fingerprint density at radius 1 is 1.00 bits per heavy atom. The minimum Gasteiger partial charge on any atom is -0.314 e. The van der Waals surface area contributed by atoms with Crippen LogP contribution < -0.4 is 5.32 Å². The topological polar surface area (TPSA) is 15.3 Å². The SMILES string of the molecule is CCNC1CCCCC1CN(C)C1CCC(C)CC1. The predicted molar refractivity (Wildman–Crippen MR) is 83.5 cm³/mol. The Kier molecular flexibility index (Phi) is 6.15.